The summed E-state index contributed by atoms with van der Waals surface area (Å²) in [6.07, 6.45) is 1.13. The highest BCUT2D eigenvalue weighted by Crippen LogP contribution is 2.11. The molecule has 0 fully saturated rings. The molecule has 0 saturated carbocycles. The Kier molecular flexibility index (Phi) is 8.60. The summed E-state index contributed by atoms with van der Waals surface area (Å²) in [7, 11) is 0. The van der Waals surface area contributed by atoms with E-state index >= 15 is 0 Å². The quantitative estimate of drug-likeness (QED) is 0.563. The second-order valence-corrected chi connectivity index (χ2v) is 6.34. The number of benzene rings is 1. The van der Waals surface area contributed by atoms with Gasteiger partial charge in [0, 0.05) is 25.1 Å². The molecular formula is C18H25FN2O4. The lowest BCUT2D eigenvalue weighted by molar-refractivity contribution is -0.142. The molecule has 0 aliphatic carbocycles. The van der Waals surface area contributed by atoms with E-state index in [9.17, 15) is 18.8 Å². The van der Waals surface area contributed by atoms with Gasteiger partial charge in [0.25, 0.3) is 5.91 Å². The minimum Gasteiger partial charge on any atom is -0.481 e. The summed E-state index contributed by atoms with van der Waals surface area (Å²) in [5.41, 5.74) is 0.351. The molecule has 0 saturated heterocycles. The van der Waals surface area contributed by atoms with E-state index in [0.717, 1.165) is 0 Å². The van der Waals surface area contributed by atoms with Crippen molar-refractivity contribution in [2.45, 2.75) is 33.1 Å². The first-order valence-corrected chi connectivity index (χ1v) is 8.33. The van der Waals surface area contributed by atoms with Gasteiger partial charge < -0.3 is 15.7 Å². The van der Waals surface area contributed by atoms with Crippen molar-refractivity contribution in [3.05, 3.63) is 35.6 Å². The van der Waals surface area contributed by atoms with Crippen LogP contribution in [0.15, 0.2) is 24.3 Å². The third-order valence-electron chi connectivity index (χ3n) is 3.62. The fourth-order valence-corrected chi connectivity index (χ4v) is 2.32. The standard InChI is InChI=1S/C18H25FN2O4/c1-12(2)10-14(18(24)25)11-21-16(22)4-3-9-20-17(23)13-5-7-15(19)8-6-13/h5-8,12,14H,3-4,9-11H2,1-2H3,(H,20,23)(H,21,22)(H,24,25). The van der Waals surface area contributed by atoms with Gasteiger partial charge in [-0.05, 0) is 43.0 Å². The van der Waals surface area contributed by atoms with Crippen LogP contribution in [0.1, 0.15) is 43.5 Å². The van der Waals surface area contributed by atoms with Crippen molar-refractivity contribution in [2.24, 2.45) is 11.8 Å². The van der Waals surface area contributed by atoms with Gasteiger partial charge in [-0.25, -0.2) is 4.39 Å². The van der Waals surface area contributed by atoms with Crippen molar-refractivity contribution in [2.75, 3.05) is 13.1 Å². The number of rotatable bonds is 10. The topological polar surface area (TPSA) is 95.5 Å². The van der Waals surface area contributed by atoms with Crippen LogP contribution in [0, 0.1) is 17.7 Å². The third kappa shape index (κ3) is 8.28. The molecule has 0 radical (unpaired) electrons. The molecule has 0 spiro atoms. The second kappa shape index (κ2) is 10.4. The van der Waals surface area contributed by atoms with Gasteiger partial charge >= 0.3 is 5.97 Å². The van der Waals surface area contributed by atoms with E-state index in [-0.39, 0.29) is 30.7 Å². The van der Waals surface area contributed by atoms with E-state index < -0.39 is 17.7 Å². The molecule has 3 N–H and O–H groups in total. The molecule has 1 aromatic rings. The first-order chi connectivity index (χ1) is 11.8. The predicted molar refractivity (Wildman–Crippen MR) is 91.6 cm³/mol. The maximum atomic E-state index is 12.8. The number of carbonyl (C=O) groups excluding carboxylic acids is 2. The molecule has 0 aliphatic rings. The number of hydrogen-bond acceptors (Lipinski definition) is 3. The van der Waals surface area contributed by atoms with Crippen LogP contribution in [0.2, 0.25) is 0 Å². The van der Waals surface area contributed by atoms with Gasteiger partial charge in [0.15, 0.2) is 0 Å². The van der Waals surface area contributed by atoms with Gasteiger partial charge in [0.1, 0.15) is 5.82 Å². The fourth-order valence-electron chi connectivity index (χ4n) is 2.32. The van der Waals surface area contributed by atoms with Crippen molar-refractivity contribution >= 4 is 17.8 Å². The van der Waals surface area contributed by atoms with Crippen LogP contribution in [0.5, 0.6) is 0 Å². The lowest BCUT2D eigenvalue weighted by atomic mass is 9.97. The molecule has 1 unspecified atom stereocenters. The first kappa shape index (κ1) is 20.6. The Morgan fingerprint density at radius 1 is 1.12 bits per heavy atom. The fraction of sp³-hybridized carbons (Fsp3) is 0.500. The highest BCUT2D eigenvalue weighted by Gasteiger charge is 2.19. The van der Waals surface area contributed by atoms with Crippen molar-refractivity contribution in [1.29, 1.82) is 0 Å². The average molecular weight is 352 g/mol. The normalized spacial score (nSPS) is 11.8. The van der Waals surface area contributed by atoms with Crippen LogP contribution >= 0.6 is 0 Å². The number of carboxylic acids is 1. The van der Waals surface area contributed by atoms with Gasteiger partial charge in [-0.3, -0.25) is 14.4 Å². The van der Waals surface area contributed by atoms with Gasteiger partial charge in [-0.1, -0.05) is 13.8 Å². The third-order valence-corrected chi connectivity index (χ3v) is 3.62. The Hall–Kier alpha value is -2.44. The van der Waals surface area contributed by atoms with Gasteiger partial charge in [0.2, 0.25) is 5.91 Å². The summed E-state index contributed by atoms with van der Waals surface area (Å²) in [6.45, 7) is 4.27. The van der Waals surface area contributed by atoms with Crippen molar-refractivity contribution in [3.63, 3.8) is 0 Å². The maximum absolute atomic E-state index is 12.8. The minimum absolute atomic E-state index is 0.105. The Morgan fingerprint density at radius 3 is 2.32 bits per heavy atom. The molecule has 6 nitrogen and oxygen atoms in total. The van der Waals surface area contributed by atoms with E-state index in [1.807, 2.05) is 13.8 Å². The van der Waals surface area contributed by atoms with Crippen LogP contribution < -0.4 is 10.6 Å². The van der Waals surface area contributed by atoms with Gasteiger partial charge in [-0.2, -0.15) is 0 Å². The Morgan fingerprint density at radius 2 is 1.76 bits per heavy atom. The average Bonchev–Trinajstić information content (AvgIpc) is 2.55. The zero-order valence-corrected chi connectivity index (χ0v) is 14.5. The molecule has 138 valence electrons. The summed E-state index contributed by atoms with van der Waals surface area (Å²) >= 11 is 0. The van der Waals surface area contributed by atoms with E-state index in [2.05, 4.69) is 10.6 Å². The molecule has 1 rings (SSSR count). The maximum Gasteiger partial charge on any atom is 0.308 e. The number of carboxylic acid groups (broad SMARTS) is 1. The van der Waals surface area contributed by atoms with E-state index in [4.69, 9.17) is 5.11 Å². The molecule has 0 bridgehead atoms. The number of halogens is 1. The summed E-state index contributed by atoms with van der Waals surface area (Å²) in [6, 6.07) is 5.19. The van der Waals surface area contributed by atoms with Crippen molar-refractivity contribution in [1.82, 2.24) is 10.6 Å². The lowest BCUT2D eigenvalue weighted by Gasteiger charge is -2.15. The van der Waals surface area contributed by atoms with Crippen LogP contribution in [-0.2, 0) is 9.59 Å². The molecule has 0 aromatic heterocycles. The molecule has 1 aromatic carbocycles. The van der Waals surface area contributed by atoms with Gasteiger partial charge in [0.05, 0.1) is 5.92 Å². The van der Waals surface area contributed by atoms with Crippen molar-refractivity contribution in [3.8, 4) is 0 Å². The summed E-state index contributed by atoms with van der Waals surface area (Å²) in [4.78, 5) is 34.7. The largest absolute Gasteiger partial charge is 0.481 e. The molecule has 2 amide bonds. The molecule has 0 heterocycles. The van der Waals surface area contributed by atoms with Crippen LogP contribution in [0.25, 0.3) is 0 Å². The number of hydrogen-bond donors (Lipinski definition) is 3. The van der Waals surface area contributed by atoms with Crippen molar-refractivity contribution < 1.29 is 23.9 Å². The highest BCUT2D eigenvalue weighted by molar-refractivity contribution is 5.94. The van der Waals surface area contributed by atoms with Crippen LogP contribution in [-0.4, -0.2) is 36.0 Å². The van der Waals surface area contributed by atoms with E-state index in [1.165, 1.54) is 24.3 Å². The first-order valence-electron chi connectivity index (χ1n) is 8.33. The van der Waals surface area contributed by atoms with E-state index in [0.29, 0.717) is 24.9 Å². The smallest absolute Gasteiger partial charge is 0.308 e. The lowest BCUT2D eigenvalue weighted by Crippen LogP contribution is -2.34. The Bertz CT molecular complexity index is 587. The Balaban J connectivity index is 2.24. The molecule has 25 heavy (non-hydrogen) atoms. The predicted octanol–water partition coefficient (Wildman–Crippen LogP) is 2.20. The molecule has 1 atom stereocenters. The minimum atomic E-state index is -0.916. The number of aliphatic carboxylic acids is 1. The Labute approximate surface area is 146 Å². The molecule has 7 heteroatoms. The number of amides is 2. The van der Waals surface area contributed by atoms with E-state index in [1.54, 1.807) is 0 Å². The number of carbonyl (C=O) groups is 3. The monoisotopic (exact) mass is 352 g/mol. The summed E-state index contributed by atoms with van der Waals surface area (Å²) in [5.74, 6) is -2.26. The van der Waals surface area contributed by atoms with Gasteiger partial charge in [-0.15, -0.1) is 0 Å². The van der Waals surface area contributed by atoms with Crippen LogP contribution in [0.3, 0.4) is 0 Å². The molecule has 0 aliphatic heterocycles. The number of nitrogens with one attached hydrogen (secondary N) is 2. The summed E-state index contributed by atoms with van der Waals surface area (Å²) < 4.78 is 12.8. The zero-order valence-electron chi connectivity index (χ0n) is 14.5. The zero-order chi connectivity index (χ0) is 18.8. The second-order valence-electron chi connectivity index (χ2n) is 6.34. The molecular weight excluding hydrogens is 327 g/mol. The SMILES string of the molecule is CC(C)CC(CNC(=O)CCCNC(=O)c1ccc(F)cc1)C(=O)O. The van der Waals surface area contributed by atoms with Crippen LogP contribution in [0.4, 0.5) is 4.39 Å². The summed E-state index contributed by atoms with van der Waals surface area (Å²) in [5, 5.41) is 14.4. The highest BCUT2D eigenvalue weighted by atomic mass is 19.1.